The molecule has 0 aromatic heterocycles. The molecule has 1 aromatic rings. The number of hydrogen-bond donors (Lipinski definition) is 0. The SMILES string of the molecule is C=C1C[C@@H]2COC(=O)[C@]2(Cc2ccc(Cl)c(Cl)c2)C1. The molecular formula is C15H14Cl2O2. The van der Waals surface area contributed by atoms with Crippen LogP contribution in [0.3, 0.4) is 0 Å². The first-order valence-electron chi connectivity index (χ1n) is 6.29. The minimum absolute atomic E-state index is 0.0952. The highest BCUT2D eigenvalue weighted by molar-refractivity contribution is 6.42. The van der Waals surface area contributed by atoms with Crippen molar-refractivity contribution in [3.63, 3.8) is 0 Å². The highest BCUT2D eigenvalue weighted by Gasteiger charge is 2.55. The summed E-state index contributed by atoms with van der Waals surface area (Å²) in [5.74, 6) is 0.157. The van der Waals surface area contributed by atoms with E-state index in [1.807, 2.05) is 12.1 Å². The van der Waals surface area contributed by atoms with Crippen LogP contribution in [-0.2, 0) is 16.0 Å². The Kier molecular flexibility index (Phi) is 3.11. The molecule has 19 heavy (non-hydrogen) atoms. The highest BCUT2D eigenvalue weighted by atomic mass is 35.5. The van der Waals surface area contributed by atoms with E-state index in [1.165, 1.54) is 0 Å². The average Bonchev–Trinajstić information content (AvgIpc) is 2.81. The monoisotopic (exact) mass is 296 g/mol. The van der Waals surface area contributed by atoms with Gasteiger partial charge in [-0.15, -0.1) is 0 Å². The molecule has 3 rings (SSSR count). The summed E-state index contributed by atoms with van der Waals surface area (Å²) >= 11 is 12.0. The molecule has 0 amide bonds. The number of benzene rings is 1. The second-order valence-electron chi connectivity index (χ2n) is 5.51. The van der Waals surface area contributed by atoms with Gasteiger partial charge in [-0.25, -0.2) is 0 Å². The van der Waals surface area contributed by atoms with Crippen molar-refractivity contribution in [2.75, 3.05) is 6.61 Å². The summed E-state index contributed by atoms with van der Waals surface area (Å²) in [6.07, 6.45) is 2.25. The summed E-state index contributed by atoms with van der Waals surface area (Å²) in [4.78, 5) is 12.2. The summed E-state index contributed by atoms with van der Waals surface area (Å²) in [5.41, 5.74) is 1.73. The Morgan fingerprint density at radius 2 is 2.16 bits per heavy atom. The number of allylic oxidation sites excluding steroid dienone is 1. The Hall–Kier alpha value is -0.990. The molecule has 1 aromatic carbocycles. The number of esters is 1. The topological polar surface area (TPSA) is 26.3 Å². The van der Waals surface area contributed by atoms with Gasteiger partial charge in [-0.1, -0.05) is 41.4 Å². The molecule has 1 saturated heterocycles. The Labute approximate surface area is 122 Å². The molecule has 2 aliphatic rings. The van der Waals surface area contributed by atoms with Gasteiger partial charge in [0, 0.05) is 5.92 Å². The number of fused-ring (bicyclic) bond motifs is 1. The normalized spacial score (nSPS) is 29.5. The standard InChI is InChI=1S/C15H14Cl2O2/c1-9-4-11-8-19-14(18)15(11,6-9)7-10-2-3-12(16)13(17)5-10/h2-3,5,11H,1,4,6-8H2/t11-,15+/m1/s1. The fourth-order valence-electron chi connectivity index (χ4n) is 3.28. The van der Waals surface area contributed by atoms with E-state index in [4.69, 9.17) is 27.9 Å². The van der Waals surface area contributed by atoms with Crippen molar-refractivity contribution in [1.82, 2.24) is 0 Å². The smallest absolute Gasteiger partial charge is 0.313 e. The van der Waals surface area contributed by atoms with E-state index < -0.39 is 5.41 Å². The van der Waals surface area contributed by atoms with E-state index in [-0.39, 0.29) is 11.9 Å². The summed E-state index contributed by atoms with van der Waals surface area (Å²) < 4.78 is 5.26. The van der Waals surface area contributed by atoms with Crippen molar-refractivity contribution in [3.8, 4) is 0 Å². The molecule has 4 heteroatoms. The second kappa shape index (κ2) is 4.53. The molecule has 1 heterocycles. The van der Waals surface area contributed by atoms with Crippen molar-refractivity contribution in [2.24, 2.45) is 11.3 Å². The Bertz CT molecular complexity index is 567. The lowest BCUT2D eigenvalue weighted by Crippen LogP contribution is -2.31. The largest absolute Gasteiger partial charge is 0.465 e. The number of carbonyl (C=O) groups is 1. The van der Waals surface area contributed by atoms with Crippen molar-refractivity contribution in [2.45, 2.75) is 19.3 Å². The first kappa shape index (κ1) is 13.0. The third kappa shape index (κ3) is 2.07. The van der Waals surface area contributed by atoms with Crippen LogP contribution in [0.25, 0.3) is 0 Å². The number of halogens is 2. The second-order valence-corrected chi connectivity index (χ2v) is 6.32. The van der Waals surface area contributed by atoms with E-state index in [0.717, 1.165) is 24.0 Å². The molecule has 0 unspecified atom stereocenters. The molecule has 2 fully saturated rings. The van der Waals surface area contributed by atoms with E-state index >= 15 is 0 Å². The van der Waals surface area contributed by atoms with Crippen LogP contribution in [0.15, 0.2) is 30.4 Å². The van der Waals surface area contributed by atoms with Gasteiger partial charge in [0.1, 0.15) is 0 Å². The quantitative estimate of drug-likeness (QED) is 0.608. The van der Waals surface area contributed by atoms with Gasteiger partial charge in [0.15, 0.2) is 0 Å². The van der Waals surface area contributed by atoms with Gasteiger partial charge in [-0.05, 0) is 37.0 Å². The van der Waals surface area contributed by atoms with E-state index in [1.54, 1.807) is 6.07 Å². The predicted molar refractivity (Wildman–Crippen MR) is 75.4 cm³/mol. The molecular weight excluding hydrogens is 283 g/mol. The first-order valence-corrected chi connectivity index (χ1v) is 7.05. The lowest BCUT2D eigenvalue weighted by Gasteiger charge is -2.24. The summed E-state index contributed by atoms with van der Waals surface area (Å²) in [6, 6.07) is 5.53. The van der Waals surface area contributed by atoms with Crippen LogP contribution in [0, 0.1) is 11.3 Å². The minimum Gasteiger partial charge on any atom is -0.465 e. The zero-order chi connectivity index (χ0) is 13.6. The number of rotatable bonds is 2. The predicted octanol–water partition coefficient (Wildman–Crippen LogP) is 4.05. The molecule has 0 N–H and O–H groups in total. The third-order valence-electron chi connectivity index (χ3n) is 4.21. The van der Waals surface area contributed by atoms with E-state index in [2.05, 4.69) is 6.58 Å². The van der Waals surface area contributed by atoms with Crippen LogP contribution < -0.4 is 0 Å². The molecule has 2 nitrogen and oxygen atoms in total. The summed E-state index contributed by atoms with van der Waals surface area (Å²) in [5, 5.41) is 1.06. The molecule has 100 valence electrons. The minimum atomic E-state index is -0.436. The molecule has 1 aliphatic carbocycles. The van der Waals surface area contributed by atoms with Crippen LogP contribution in [0.4, 0.5) is 0 Å². The van der Waals surface area contributed by atoms with Gasteiger partial charge in [-0.2, -0.15) is 0 Å². The van der Waals surface area contributed by atoms with Gasteiger partial charge >= 0.3 is 5.97 Å². The molecule has 1 saturated carbocycles. The van der Waals surface area contributed by atoms with Gasteiger partial charge in [0.05, 0.1) is 22.1 Å². The third-order valence-corrected chi connectivity index (χ3v) is 4.95. The van der Waals surface area contributed by atoms with E-state index in [0.29, 0.717) is 23.1 Å². The lowest BCUT2D eigenvalue weighted by molar-refractivity contribution is -0.146. The van der Waals surface area contributed by atoms with Crippen molar-refractivity contribution < 1.29 is 9.53 Å². The maximum Gasteiger partial charge on any atom is 0.313 e. The number of cyclic esters (lactones) is 1. The van der Waals surface area contributed by atoms with Crippen molar-refractivity contribution >= 4 is 29.2 Å². The highest BCUT2D eigenvalue weighted by Crippen LogP contribution is 2.52. The first-order chi connectivity index (χ1) is 9.01. The van der Waals surface area contributed by atoms with Crippen LogP contribution in [-0.4, -0.2) is 12.6 Å². The molecule has 2 atom stereocenters. The van der Waals surface area contributed by atoms with Crippen LogP contribution in [0.1, 0.15) is 18.4 Å². The Morgan fingerprint density at radius 3 is 2.89 bits per heavy atom. The molecule has 0 bridgehead atoms. The lowest BCUT2D eigenvalue weighted by atomic mass is 9.75. The number of ether oxygens (including phenoxy) is 1. The number of hydrogen-bond acceptors (Lipinski definition) is 2. The maximum atomic E-state index is 12.2. The van der Waals surface area contributed by atoms with E-state index in [9.17, 15) is 4.79 Å². The molecule has 0 spiro atoms. The van der Waals surface area contributed by atoms with Gasteiger partial charge in [-0.3, -0.25) is 4.79 Å². The fraction of sp³-hybridized carbons (Fsp3) is 0.400. The van der Waals surface area contributed by atoms with Gasteiger partial charge in [0.25, 0.3) is 0 Å². The van der Waals surface area contributed by atoms with Crippen LogP contribution in [0.5, 0.6) is 0 Å². The summed E-state index contributed by atoms with van der Waals surface area (Å²) in [6.45, 7) is 4.55. The molecule has 1 aliphatic heterocycles. The fourth-order valence-corrected chi connectivity index (χ4v) is 3.60. The van der Waals surface area contributed by atoms with Crippen molar-refractivity contribution in [3.05, 3.63) is 46.0 Å². The number of carbonyl (C=O) groups excluding carboxylic acids is 1. The maximum absolute atomic E-state index is 12.2. The summed E-state index contributed by atoms with van der Waals surface area (Å²) in [7, 11) is 0. The van der Waals surface area contributed by atoms with Crippen LogP contribution >= 0.6 is 23.2 Å². The van der Waals surface area contributed by atoms with Gasteiger partial charge < -0.3 is 4.74 Å². The Morgan fingerprint density at radius 1 is 1.37 bits per heavy atom. The van der Waals surface area contributed by atoms with Gasteiger partial charge in [0.2, 0.25) is 0 Å². The van der Waals surface area contributed by atoms with Crippen molar-refractivity contribution in [1.29, 1.82) is 0 Å². The molecule has 0 radical (unpaired) electrons. The zero-order valence-corrected chi connectivity index (χ0v) is 11.9. The average molecular weight is 297 g/mol. The van der Waals surface area contributed by atoms with Crippen LogP contribution in [0.2, 0.25) is 10.0 Å². The zero-order valence-electron chi connectivity index (χ0n) is 10.4. The Balaban J connectivity index is 1.93.